The molecule has 0 aliphatic heterocycles. The maximum absolute atomic E-state index is 9.72. The molecular formula is C24H28BrOP. The van der Waals surface area contributed by atoms with Crippen LogP contribution in [0, 0.1) is 20.8 Å². The van der Waals surface area contributed by atoms with Gasteiger partial charge in [-0.15, -0.1) is 0 Å². The van der Waals surface area contributed by atoms with E-state index in [0.717, 1.165) is 12.6 Å². The fourth-order valence-electron chi connectivity index (χ4n) is 3.77. The SMILES string of the molecule is Cc1ccc(P(Br)(CCCO)(c2ccc(C)cc2)c2ccc(C)cc2)cc1. The Balaban J connectivity index is 2.38. The van der Waals surface area contributed by atoms with Crippen molar-refractivity contribution in [2.75, 3.05) is 12.8 Å². The first-order valence-corrected chi connectivity index (χ1v) is 13.9. The molecule has 0 saturated heterocycles. The molecule has 3 aromatic carbocycles. The molecule has 0 bridgehead atoms. The summed E-state index contributed by atoms with van der Waals surface area (Å²) in [5, 5.41) is 10.8. The van der Waals surface area contributed by atoms with Gasteiger partial charge in [0.25, 0.3) is 0 Å². The zero-order chi connectivity index (χ0) is 19.5. The summed E-state index contributed by atoms with van der Waals surface area (Å²) >= 11 is 4.41. The summed E-state index contributed by atoms with van der Waals surface area (Å²) in [5.74, 6) is 0. The fourth-order valence-corrected chi connectivity index (χ4v) is 11.4. The topological polar surface area (TPSA) is 20.2 Å². The molecule has 27 heavy (non-hydrogen) atoms. The van der Waals surface area contributed by atoms with Gasteiger partial charge < -0.3 is 0 Å². The van der Waals surface area contributed by atoms with Crippen molar-refractivity contribution in [2.45, 2.75) is 27.2 Å². The summed E-state index contributed by atoms with van der Waals surface area (Å²) in [6.07, 6.45) is 1.63. The Morgan fingerprint density at radius 2 is 0.926 bits per heavy atom. The second-order valence-electron chi connectivity index (χ2n) is 7.49. The molecule has 1 nitrogen and oxygen atoms in total. The Kier molecular flexibility index (Phi) is 5.91. The van der Waals surface area contributed by atoms with E-state index in [1.165, 1.54) is 32.6 Å². The number of rotatable bonds is 6. The number of hydrogen-bond acceptors (Lipinski definition) is 1. The van der Waals surface area contributed by atoms with Gasteiger partial charge in [-0.05, 0) is 0 Å². The summed E-state index contributed by atoms with van der Waals surface area (Å²) < 4.78 is 0. The third kappa shape index (κ3) is 3.63. The first kappa shape index (κ1) is 20.3. The molecule has 0 atom stereocenters. The van der Waals surface area contributed by atoms with E-state index in [-0.39, 0.29) is 6.61 Å². The van der Waals surface area contributed by atoms with Crippen LogP contribution in [0.5, 0.6) is 0 Å². The number of aryl methyl sites for hydroxylation is 3. The van der Waals surface area contributed by atoms with E-state index >= 15 is 0 Å². The van der Waals surface area contributed by atoms with Gasteiger partial charge in [-0.1, -0.05) is 0 Å². The van der Waals surface area contributed by atoms with E-state index in [9.17, 15) is 5.11 Å². The van der Waals surface area contributed by atoms with E-state index in [4.69, 9.17) is 0 Å². The van der Waals surface area contributed by atoms with Crippen molar-refractivity contribution in [1.29, 1.82) is 0 Å². The van der Waals surface area contributed by atoms with Crippen molar-refractivity contribution in [2.24, 2.45) is 0 Å². The van der Waals surface area contributed by atoms with Gasteiger partial charge >= 0.3 is 171 Å². The summed E-state index contributed by atoms with van der Waals surface area (Å²) in [5.41, 5.74) is 3.77. The van der Waals surface area contributed by atoms with Crippen LogP contribution in [0.2, 0.25) is 0 Å². The van der Waals surface area contributed by atoms with Crippen LogP contribution in [0.3, 0.4) is 0 Å². The Morgan fingerprint density at radius 3 is 1.19 bits per heavy atom. The van der Waals surface area contributed by atoms with Crippen molar-refractivity contribution in [1.82, 2.24) is 0 Å². The molecule has 0 radical (unpaired) electrons. The number of benzene rings is 3. The monoisotopic (exact) mass is 442 g/mol. The molecule has 0 unspecified atom stereocenters. The van der Waals surface area contributed by atoms with Crippen LogP contribution >= 0.6 is 20.8 Å². The van der Waals surface area contributed by atoms with Crippen molar-refractivity contribution >= 4 is 36.7 Å². The Bertz CT molecular complexity index is 785. The van der Waals surface area contributed by atoms with E-state index in [1.54, 1.807) is 0 Å². The molecule has 3 heteroatoms. The van der Waals surface area contributed by atoms with Crippen molar-refractivity contribution < 1.29 is 5.11 Å². The van der Waals surface area contributed by atoms with Crippen LogP contribution in [-0.2, 0) is 0 Å². The van der Waals surface area contributed by atoms with Crippen LogP contribution in [-0.4, -0.2) is 17.9 Å². The van der Waals surface area contributed by atoms with E-state index in [2.05, 4.69) is 109 Å². The molecule has 3 aromatic rings. The second kappa shape index (κ2) is 7.87. The third-order valence-corrected chi connectivity index (χ3v) is 15.5. The molecule has 0 aromatic heterocycles. The molecule has 0 amide bonds. The summed E-state index contributed by atoms with van der Waals surface area (Å²) in [6.45, 7) is 6.56. The standard InChI is InChI=1S/C24H28BrOP/c1-19-5-11-22(12-6-19)27(25,18-4-17-26,23-13-7-20(2)8-14-23)24-15-9-21(3)10-16-24/h5-16,26H,4,17-18H2,1-3H3. The minimum absolute atomic E-state index is 0.188. The van der Waals surface area contributed by atoms with Crippen molar-refractivity contribution in [3.63, 3.8) is 0 Å². The molecule has 0 saturated carbocycles. The molecule has 0 spiro atoms. The zero-order valence-electron chi connectivity index (χ0n) is 16.3. The Morgan fingerprint density at radius 1 is 0.630 bits per heavy atom. The molecular weight excluding hydrogens is 415 g/mol. The minimum atomic E-state index is -2.87. The summed E-state index contributed by atoms with van der Waals surface area (Å²) in [7, 11) is 0. The van der Waals surface area contributed by atoms with Crippen molar-refractivity contribution in [3.8, 4) is 0 Å². The quantitative estimate of drug-likeness (QED) is 0.524. The first-order chi connectivity index (χ1) is 12.9. The van der Waals surface area contributed by atoms with Crippen molar-refractivity contribution in [3.05, 3.63) is 89.5 Å². The van der Waals surface area contributed by atoms with Gasteiger partial charge in [-0.2, -0.15) is 0 Å². The average molecular weight is 443 g/mol. The van der Waals surface area contributed by atoms with Gasteiger partial charge in [0.15, 0.2) is 0 Å². The fraction of sp³-hybridized carbons (Fsp3) is 0.250. The molecule has 0 aliphatic carbocycles. The van der Waals surface area contributed by atoms with Crippen LogP contribution in [0.15, 0.2) is 72.8 Å². The summed E-state index contributed by atoms with van der Waals surface area (Å²) in [6, 6.07) is 26.7. The first-order valence-electron chi connectivity index (χ1n) is 9.44. The van der Waals surface area contributed by atoms with Crippen LogP contribution in [0.25, 0.3) is 0 Å². The third-order valence-electron chi connectivity index (χ3n) is 5.45. The maximum atomic E-state index is 9.72. The van der Waals surface area contributed by atoms with Gasteiger partial charge in [0.2, 0.25) is 0 Å². The average Bonchev–Trinajstić information content (AvgIpc) is 2.68. The normalized spacial score (nSPS) is 13.1. The number of aliphatic hydroxyl groups is 1. The molecule has 142 valence electrons. The van der Waals surface area contributed by atoms with E-state index in [0.29, 0.717) is 0 Å². The zero-order valence-corrected chi connectivity index (χ0v) is 18.8. The predicted octanol–water partition coefficient (Wildman–Crippen LogP) is 5.13. The van der Waals surface area contributed by atoms with Crippen LogP contribution < -0.4 is 15.9 Å². The van der Waals surface area contributed by atoms with E-state index in [1.807, 2.05) is 0 Å². The Labute approximate surface area is 171 Å². The second-order valence-corrected chi connectivity index (χ2v) is 16.5. The van der Waals surface area contributed by atoms with Gasteiger partial charge in [0.05, 0.1) is 0 Å². The van der Waals surface area contributed by atoms with Gasteiger partial charge in [-0.3, -0.25) is 0 Å². The number of aliphatic hydroxyl groups excluding tert-OH is 1. The number of halogens is 1. The summed E-state index contributed by atoms with van der Waals surface area (Å²) in [4.78, 5) is 0. The van der Waals surface area contributed by atoms with Gasteiger partial charge in [0, 0.05) is 0 Å². The van der Waals surface area contributed by atoms with E-state index < -0.39 is 5.31 Å². The Hall–Kier alpha value is -1.47. The molecule has 1 N–H and O–H groups in total. The van der Waals surface area contributed by atoms with Gasteiger partial charge in [0.1, 0.15) is 0 Å². The van der Waals surface area contributed by atoms with Crippen LogP contribution in [0.4, 0.5) is 0 Å². The molecule has 0 heterocycles. The molecule has 0 aliphatic rings. The van der Waals surface area contributed by atoms with Gasteiger partial charge in [-0.25, -0.2) is 0 Å². The number of hydrogen-bond donors (Lipinski definition) is 1. The van der Waals surface area contributed by atoms with Crippen LogP contribution in [0.1, 0.15) is 23.1 Å². The predicted molar refractivity (Wildman–Crippen MR) is 125 cm³/mol. The molecule has 0 fully saturated rings. The molecule has 3 rings (SSSR count).